The maximum absolute atomic E-state index is 5.61. The number of ether oxygens (including phenoxy) is 1. The van der Waals surface area contributed by atoms with Crippen LogP contribution in [0.15, 0.2) is 12.4 Å². The highest BCUT2D eigenvalue weighted by atomic mass is 16.5. The molecule has 0 aromatic carbocycles. The third kappa shape index (κ3) is 3.16. The molecule has 2 heterocycles. The van der Waals surface area contributed by atoms with Crippen LogP contribution in [0.3, 0.4) is 0 Å². The van der Waals surface area contributed by atoms with E-state index in [0.717, 1.165) is 18.1 Å². The van der Waals surface area contributed by atoms with E-state index in [1.54, 1.807) is 12.4 Å². The van der Waals surface area contributed by atoms with Crippen molar-refractivity contribution in [1.82, 2.24) is 15.3 Å². The lowest BCUT2D eigenvalue weighted by Gasteiger charge is -2.23. The van der Waals surface area contributed by atoms with E-state index in [1.807, 2.05) is 6.92 Å². The summed E-state index contributed by atoms with van der Waals surface area (Å²) >= 11 is 0. The van der Waals surface area contributed by atoms with Gasteiger partial charge >= 0.3 is 0 Å². The van der Waals surface area contributed by atoms with Crippen molar-refractivity contribution in [2.24, 2.45) is 0 Å². The summed E-state index contributed by atoms with van der Waals surface area (Å²) in [5, 5.41) is 3.43. The minimum absolute atomic E-state index is 0.486. The van der Waals surface area contributed by atoms with Crippen molar-refractivity contribution >= 4 is 0 Å². The lowest BCUT2D eigenvalue weighted by atomic mass is 10.1. The molecule has 1 aliphatic rings. The van der Waals surface area contributed by atoms with Crippen molar-refractivity contribution in [1.29, 1.82) is 0 Å². The number of hydrogen-bond acceptors (Lipinski definition) is 4. The molecule has 1 saturated heterocycles. The number of piperidine rings is 1. The summed E-state index contributed by atoms with van der Waals surface area (Å²) in [6.07, 6.45) is 7.23. The molecule has 1 fully saturated rings. The molecule has 82 valence electrons. The van der Waals surface area contributed by atoms with E-state index in [2.05, 4.69) is 15.3 Å². The number of rotatable bonds is 3. The van der Waals surface area contributed by atoms with Gasteiger partial charge in [0, 0.05) is 6.04 Å². The van der Waals surface area contributed by atoms with Gasteiger partial charge in [-0.3, -0.25) is 0 Å². The van der Waals surface area contributed by atoms with Gasteiger partial charge in [0.25, 0.3) is 0 Å². The first-order valence-electron chi connectivity index (χ1n) is 5.49. The fourth-order valence-electron chi connectivity index (χ4n) is 1.72. The van der Waals surface area contributed by atoms with Crippen molar-refractivity contribution < 1.29 is 4.74 Å². The first-order valence-corrected chi connectivity index (χ1v) is 5.49. The molecule has 4 heteroatoms. The standard InChI is InChI=1S/C11H17N3O/c1-9-13-6-11(7-14-9)15-8-10-4-2-3-5-12-10/h6-7,10,12H,2-5,8H2,1H3. The molecule has 1 N–H and O–H groups in total. The molecule has 0 aliphatic carbocycles. The molecule has 4 nitrogen and oxygen atoms in total. The lowest BCUT2D eigenvalue weighted by Crippen LogP contribution is -2.38. The van der Waals surface area contributed by atoms with Gasteiger partial charge in [-0.25, -0.2) is 9.97 Å². The maximum atomic E-state index is 5.61. The highest BCUT2D eigenvalue weighted by Gasteiger charge is 2.12. The summed E-state index contributed by atoms with van der Waals surface area (Å²) in [6.45, 7) is 3.69. The normalized spacial score (nSPS) is 21.3. The van der Waals surface area contributed by atoms with E-state index < -0.39 is 0 Å². The minimum atomic E-state index is 0.486. The van der Waals surface area contributed by atoms with Crippen LogP contribution in [0.1, 0.15) is 25.1 Å². The number of aromatic nitrogens is 2. The Morgan fingerprint density at radius 1 is 1.40 bits per heavy atom. The lowest BCUT2D eigenvalue weighted by molar-refractivity contribution is 0.237. The fraction of sp³-hybridized carbons (Fsp3) is 0.636. The summed E-state index contributed by atoms with van der Waals surface area (Å²) in [7, 11) is 0. The summed E-state index contributed by atoms with van der Waals surface area (Å²) in [4.78, 5) is 8.17. The Kier molecular flexibility index (Phi) is 3.50. The maximum Gasteiger partial charge on any atom is 0.155 e. The average molecular weight is 207 g/mol. The second-order valence-electron chi connectivity index (χ2n) is 3.92. The smallest absolute Gasteiger partial charge is 0.155 e. The predicted molar refractivity (Wildman–Crippen MR) is 57.9 cm³/mol. The van der Waals surface area contributed by atoms with Gasteiger partial charge in [-0.15, -0.1) is 0 Å². The molecule has 0 radical (unpaired) electrons. The highest BCUT2D eigenvalue weighted by Crippen LogP contribution is 2.10. The molecule has 0 saturated carbocycles. The Balaban J connectivity index is 1.79. The Labute approximate surface area is 90.1 Å². The molecule has 15 heavy (non-hydrogen) atoms. The van der Waals surface area contributed by atoms with Crippen molar-refractivity contribution in [2.45, 2.75) is 32.2 Å². The molecule has 0 spiro atoms. The van der Waals surface area contributed by atoms with Gasteiger partial charge in [0.05, 0.1) is 12.4 Å². The second kappa shape index (κ2) is 5.07. The van der Waals surface area contributed by atoms with Crippen molar-refractivity contribution in [3.8, 4) is 5.75 Å². The topological polar surface area (TPSA) is 47.0 Å². The monoisotopic (exact) mass is 207 g/mol. The molecule has 1 atom stereocenters. The van der Waals surface area contributed by atoms with Crippen LogP contribution >= 0.6 is 0 Å². The van der Waals surface area contributed by atoms with E-state index in [9.17, 15) is 0 Å². The molecule has 0 bridgehead atoms. The van der Waals surface area contributed by atoms with Crippen molar-refractivity contribution in [3.63, 3.8) is 0 Å². The quantitative estimate of drug-likeness (QED) is 0.811. The third-order valence-electron chi connectivity index (χ3n) is 2.62. The molecule has 2 rings (SSSR count). The van der Waals surface area contributed by atoms with Gasteiger partial charge in [0.2, 0.25) is 0 Å². The fourth-order valence-corrected chi connectivity index (χ4v) is 1.72. The van der Waals surface area contributed by atoms with Crippen LogP contribution in [0.25, 0.3) is 0 Å². The first kappa shape index (κ1) is 10.4. The van der Waals surface area contributed by atoms with Crippen LogP contribution < -0.4 is 10.1 Å². The molecular weight excluding hydrogens is 190 g/mol. The average Bonchev–Trinajstić information content (AvgIpc) is 2.30. The molecule has 1 aliphatic heterocycles. The van der Waals surface area contributed by atoms with Crippen molar-refractivity contribution in [3.05, 3.63) is 18.2 Å². The predicted octanol–water partition coefficient (Wildman–Crippen LogP) is 1.31. The molecule has 1 aromatic rings. The molecular formula is C11H17N3O. The molecule has 1 unspecified atom stereocenters. The van der Waals surface area contributed by atoms with E-state index in [4.69, 9.17) is 4.74 Å². The zero-order chi connectivity index (χ0) is 10.5. The molecule has 0 amide bonds. The Morgan fingerprint density at radius 2 is 2.20 bits per heavy atom. The van der Waals surface area contributed by atoms with Gasteiger partial charge in [0.15, 0.2) is 5.75 Å². The third-order valence-corrected chi connectivity index (χ3v) is 2.62. The minimum Gasteiger partial charge on any atom is -0.489 e. The number of hydrogen-bond donors (Lipinski definition) is 1. The number of nitrogens with zero attached hydrogens (tertiary/aromatic N) is 2. The SMILES string of the molecule is Cc1ncc(OCC2CCCCN2)cn1. The van der Waals surface area contributed by atoms with Crippen LogP contribution in [0.5, 0.6) is 5.75 Å². The zero-order valence-corrected chi connectivity index (χ0v) is 9.07. The van der Waals surface area contributed by atoms with Gasteiger partial charge < -0.3 is 10.1 Å². The van der Waals surface area contributed by atoms with Crippen molar-refractivity contribution in [2.75, 3.05) is 13.2 Å². The van der Waals surface area contributed by atoms with Crippen LogP contribution in [0.2, 0.25) is 0 Å². The number of nitrogens with one attached hydrogen (secondary N) is 1. The van der Waals surface area contributed by atoms with Crippen LogP contribution in [-0.4, -0.2) is 29.2 Å². The summed E-state index contributed by atoms with van der Waals surface area (Å²) in [5.41, 5.74) is 0. The summed E-state index contributed by atoms with van der Waals surface area (Å²) < 4.78 is 5.61. The van der Waals surface area contributed by atoms with Gasteiger partial charge in [0.1, 0.15) is 12.4 Å². The van der Waals surface area contributed by atoms with E-state index in [-0.39, 0.29) is 0 Å². The summed E-state index contributed by atoms with van der Waals surface area (Å²) in [6, 6.07) is 0.486. The largest absolute Gasteiger partial charge is 0.489 e. The van der Waals surface area contributed by atoms with Gasteiger partial charge in [-0.1, -0.05) is 6.42 Å². The van der Waals surface area contributed by atoms with E-state index in [0.29, 0.717) is 12.6 Å². The van der Waals surface area contributed by atoms with Crippen LogP contribution in [-0.2, 0) is 0 Å². The molecule has 1 aromatic heterocycles. The Hall–Kier alpha value is -1.16. The zero-order valence-electron chi connectivity index (χ0n) is 9.07. The first-order chi connectivity index (χ1) is 7.34. The Bertz CT molecular complexity index is 293. The van der Waals surface area contributed by atoms with Crippen LogP contribution in [0.4, 0.5) is 0 Å². The van der Waals surface area contributed by atoms with Gasteiger partial charge in [-0.05, 0) is 26.3 Å². The second-order valence-corrected chi connectivity index (χ2v) is 3.92. The highest BCUT2D eigenvalue weighted by molar-refractivity contribution is 5.11. The summed E-state index contributed by atoms with van der Waals surface area (Å²) in [5.74, 6) is 1.53. The Morgan fingerprint density at radius 3 is 2.87 bits per heavy atom. The van der Waals surface area contributed by atoms with E-state index in [1.165, 1.54) is 19.3 Å². The number of aryl methyl sites for hydroxylation is 1. The van der Waals surface area contributed by atoms with E-state index >= 15 is 0 Å². The van der Waals surface area contributed by atoms with Crippen LogP contribution in [0, 0.1) is 6.92 Å². The van der Waals surface area contributed by atoms with Gasteiger partial charge in [-0.2, -0.15) is 0 Å².